The van der Waals surface area contributed by atoms with Crippen LogP contribution in [0.3, 0.4) is 0 Å². The van der Waals surface area contributed by atoms with E-state index in [0.29, 0.717) is 0 Å². The van der Waals surface area contributed by atoms with Crippen LogP contribution in [0.1, 0.15) is 0 Å². The van der Waals surface area contributed by atoms with Gasteiger partial charge in [-0.2, -0.15) is 0 Å². The molecule has 0 amide bonds. The van der Waals surface area contributed by atoms with Crippen molar-refractivity contribution in [3.05, 3.63) is 91.8 Å². The summed E-state index contributed by atoms with van der Waals surface area (Å²) in [5.74, 6) is 0. The van der Waals surface area contributed by atoms with Crippen LogP contribution in [0.15, 0.2) is 91.8 Å². The second-order valence-corrected chi connectivity index (χ2v) is 4.61. The van der Waals surface area contributed by atoms with Crippen molar-refractivity contribution in [3.63, 3.8) is 0 Å². The molecule has 3 heterocycles. The molecule has 0 radical (unpaired) electrons. The molecule has 0 atom stereocenters. The number of phosphoric acid groups is 1. The third-order valence-corrected chi connectivity index (χ3v) is 1.70. The smallest absolute Gasteiger partial charge is 0.412 e. The first-order valence-corrected chi connectivity index (χ1v) is 7.90. The minimum absolute atomic E-state index is 0. The van der Waals surface area contributed by atoms with Crippen LogP contribution >= 0.6 is 7.82 Å². The molecule has 0 saturated carbocycles. The third-order valence-electron chi connectivity index (χ3n) is 1.70. The normalized spacial score (nSPS) is 8.46. The number of hydrogen-bond donors (Lipinski definition) is 3. The number of pyridine rings is 3. The van der Waals surface area contributed by atoms with Crippen LogP contribution in [-0.2, 0) is 4.57 Å². The van der Waals surface area contributed by atoms with Gasteiger partial charge >= 0.3 is 7.82 Å². The predicted molar refractivity (Wildman–Crippen MR) is 90.6 cm³/mol. The van der Waals surface area contributed by atoms with Crippen molar-refractivity contribution >= 4 is 7.82 Å². The molecule has 8 nitrogen and oxygen atoms in total. The molecule has 130 valence electrons. The molecule has 0 bridgehead atoms. The second-order valence-electron chi connectivity index (χ2n) is 3.59. The van der Waals surface area contributed by atoms with Gasteiger partial charge in [0.15, 0.2) is 0 Å². The first kappa shape index (κ1) is 23.8. The van der Waals surface area contributed by atoms with E-state index in [9.17, 15) is 0 Å². The standard InChI is InChI=1S/3C5H5N.H3O4P.H2O/c3*1-2-4-6-5-3-1;1-5(2,3)4;/h3*1-5H;(H3,1,2,3,4);1H2. The molecule has 0 aliphatic heterocycles. The average molecular weight is 353 g/mol. The summed E-state index contributed by atoms with van der Waals surface area (Å²) < 4.78 is 8.88. The molecular weight excluding hydrogens is 333 g/mol. The SMILES string of the molecule is O.O=P(O)(O)O.c1ccncc1.c1ccncc1.c1ccncc1. The Labute approximate surface area is 140 Å². The third kappa shape index (κ3) is 27.8. The van der Waals surface area contributed by atoms with Gasteiger partial charge in [-0.3, -0.25) is 15.0 Å². The monoisotopic (exact) mass is 353 g/mol. The lowest BCUT2D eigenvalue weighted by atomic mass is 10.5. The van der Waals surface area contributed by atoms with Crippen LogP contribution in [0.25, 0.3) is 0 Å². The summed E-state index contributed by atoms with van der Waals surface area (Å²) >= 11 is 0. The van der Waals surface area contributed by atoms with E-state index >= 15 is 0 Å². The zero-order chi connectivity index (χ0) is 17.2. The fourth-order valence-electron chi connectivity index (χ4n) is 0.938. The molecule has 3 aromatic heterocycles. The fraction of sp³-hybridized carbons (Fsp3) is 0. The quantitative estimate of drug-likeness (QED) is 0.518. The summed E-state index contributed by atoms with van der Waals surface area (Å²) in [6, 6.07) is 17.1. The van der Waals surface area contributed by atoms with Gasteiger partial charge in [-0.15, -0.1) is 0 Å². The number of rotatable bonds is 0. The Morgan fingerprint density at radius 2 is 0.667 bits per heavy atom. The second kappa shape index (κ2) is 16.9. The van der Waals surface area contributed by atoms with E-state index in [-0.39, 0.29) is 5.48 Å². The van der Waals surface area contributed by atoms with Gasteiger partial charge < -0.3 is 20.2 Å². The average Bonchev–Trinajstić information content (AvgIpc) is 2.59. The fourth-order valence-corrected chi connectivity index (χ4v) is 0.938. The predicted octanol–water partition coefficient (Wildman–Crippen LogP) is 1.49. The minimum atomic E-state index is -4.64. The van der Waals surface area contributed by atoms with Crippen LogP contribution < -0.4 is 0 Å². The molecule has 0 aliphatic carbocycles. The highest BCUT2D eigenvalue weighted by Crippen LogP contribution is 2.25. The Morgan fingerprint density at radius 1 is 0.500 bits per heavy atom. The van der Waals surface area contributed by atoms with Gasteiger partial charge in [0.1, 0.15) is 0 Å². The van der Waals surface area contributed by atoms with E-state index in [1.165, 1.54) is 0 Å². The molecule has 3 aromatic rings. The summed E-state index contributed by atoms with van der Waals surface area (Å²) in [7, 11) is -4.64. The Balaban J connectivity index is 0. The van der Waals surface area contributed by atoms with Gasteiger partial charge in [-0.05, 0) is 36.4 Å². The van der Waals surface area contributed by atoms with Crippen LogP contribution in [-0.4, -0.2) is 35.1 Å². The van der Waals surface area contributed by atoms with Gasteiger partial charge in [0.2, 0.25) is 0 Å². The van der Waals surface area contributed by atoms with Crippen molar-refractivity contribution in [2.75, 3.05) is 0 Å². The lowest BCUT2D eigenvalue weighted by Gasteiger charge is -1.82. The molecule has 9 heteroatoms. The molecule has 3 rings (SSSR count). The highest BCUT2D eigenvalue weighted by molar-refractivity contribution is 7.45. The number of hydrogen-bond acceptors (Lipinski definition) is 4. The molecule has 0 saturated heterocycles. The first-order chi connectivity index (χ1) is 11.0. The van der Waals surface area contributed by atoms with Crippen LogP contribution in [0, 0.1) is 0 Å². The summed E-state index contributed by atoms with van der Waals surface area (Å²) in [5, 5.41) is 0. The lowest BCUT2D eigenvalue weighted by Crippen LogP contribution is -1.66. The lowest BCUT2D eigenvalue weighted by molar-refractivity contribution is 0.275. The van der Waals surface area contributed by atoms with Crippen LogP contribution in [0.2, 0.25) is 0 Å². The van der Waals surface area contributed by atoms with E-state index in [4.69, 9.17) is 19.2 Å². The highest BCUT2D eigenvalue weighted by atomic mass is 31.2. The maximum absolute atomic E-state index is 8.88. The van der Waals surface area contributed by atoms with E-state index in [1.807, 2.05) is 54.6 Å². The molecule has 24 heavy (non-hydrogen) atoms. The van der Waals surface area contributed by atoms with E-state index < -0.39 is 7.82 Å². The first-order valence-electron chi connectivity index (χ1n) is 6.33. The Kier molecular flexibility index (Phi) is 16.7. The molecule has 5 N–H and O–H groups in total. The van der Waals surface area contributed by atoms with Gasteiger partial charge in [-0.25, -0.2) is 4.57 Å². The summed E-state index contributed by atoms with van der Waals surface area (Å²) in [6.07, 6.45) is 10.5. The van der Waals surface area contributed by atoms with Crippen LogP contribution in [0.4, 0.5) is 0 Å². The van der Waals surface area contributed by atoms with Crippen molar-refractivity contribution < 1.29 is 24.7 Å². The Morgan fingerprint density at radius 3 is 0.708 bits per heavy atom. The van der Waals surface area contributed by atoms with Crippen molar-refractivity contribution in [2.45, 2.75) is 0 Å². The highest BCUT2D eigenvalue weighted by Gasteiger charge is 2.00. The van der Waals surface area contributed by atoms with Crippen LogP contribution in [0.5, 0.6) is 0 Å². The zero-order valence-corrected chi connectivity index (χ0v) is 13.6. The molecule has 0 fully saturated rings. The van der Waals surface area contributed by atoms with E-state index in [1.54, 1.807) is 37.2 Å². The summed E-state index contributed by atoms with van der Waals surface area (Å²) in [6.45, 7) is 0. The molecule has 0 aliphatic rings. The largest absolute Gasteiger partial charge is 0.466 e. The summed E-state index contributed by atoms with van der Waals surface area (Å²) in [5.41, 5.74) is 0. The Bertz CT molecular complexity index is 449. The van der Waals surface area contributed by atoms with Gasteiger partial charge in [-0.1, -0.05) is 18.2 Å². The topological polar surface area (TPSA) is 148 Å². The Hall–Kier alpha value is -2.48. The maximum Gasteiger partial charge on any atom is 0.466 e. The van der Waals surface area contributed by atoms with E-state index in [2.05, 4.69) is 15.0 Å². The number of nitrogens with zero attached hydrogens (tertiary/aromatic N) is 3. The van der Waals surface area contributed by atoms with Gasteiger partial charge in [0.25, 0.3) is 0 Å². The van der Waals surface area contributed by atoms with Gasteiger partial charge in [0.05, 0.1) is 0 Å². The molecule has 0 aromatic carbocycles. The minimum Gasteiger partial charge on any atom is -0.412 e. The van der Waals surface area contributed by atoms with Crippen molar-refractivity contribution in [1.29, 1.82) is 0 Å². The zero-order valence-electron chi connectivity index (χ0n) is 12.7. The maximum atomic E-state index is 8.88. The van der Waals surface area contributed by atoms with Crippen molar-refractivity contribution in [1.82, 2.24) is 15.0 Å². The van der Waals surface area contributed by atoms with Crippen molar-refractivity contribution in [2.24, 2.45) is 0 Å². The van der Waals surface area contributed by atoms with E-state index in [0.717, 1.165) is 0 Å². The molecule has 0 unspecified atom stereocenters. The van der Waals surface area contributed by atoms with Gasteiger partial charge in [0, 0.05) is 37.2 Å². The summed E-state index contributed by atoms with van der Waals surface area (Å²) in [4.78, 5) is 32.9. The van der Waals surface area contributed by atoms with Crippen molar-refractivity contribution in [3.8, 4) is 0 Å². The number of aromatic nitrogens is 3. The molecular formula is C15H20N3O5P. The molecule has 0 spiro atoms.